The molecule has 0 N–H and O–H groups in total. The molecule has 1 aliphatic heterocycles. The number of ether oxygens (including phenoxy) is 1. The minimum Gasteiger partial charge on any atom is -0.446 e. The predicted molar refractivity (Wildman–Crippen MR) is 118 cm³/mol. The first-order valence-corrected chi connectivity index (χ1v) is 10.2. The fourth-order valence-electron chi connectivity index (χ4n) is 3.60. The van der Waals surface area contributed by atoms with Crippen LogP contribution in [-0.4, -0.2) is 65.4 Å². The second-order valence-corrected chi connectivity index (χ2v) is 8.20. The zero-order chi connectivity index (χ0) is 22.9. The molecule has 0 unspecified atom stereocenters. The Bertz CT molecular complexity index is 998. The third kappa shape index (κ3) is 4.70. The summed E-state index contributed by atoms with van der Waals surface area (Å²) >= 11 is 0. The van der Waals surface area contributed by atoms with E-state index in [9.17, 15) is 14.4 Å². The second-order valence-electron chi connectivity index (χ2n) is 8.20. The summed E-state index contributed by atoms with van der Waals surface area (Å²) in [6.07, 6.45) is 2.76. The van der Waals surface area contributed by atoms with Crippen LogP contribution in [0.2, 0.25) is 0 Å². The van der Waals surface area contributed by atoms with Crippen molar-refractivity contribution in [1.29, 1.82) is 0 Å². The van der Waals surface area contributed by atoms with Gasteiger partial charge in [0.1, 0.15) is 6.54 Å². The average Bonchev–Trinajstić information content (AvgIpc) is 3.14. The van der Waals surface area contributed by atoms with Gasteiger partial charge in [-0.25, -0.2) is 4.79 Å². The van der Waals surface area contributed by atoms with Crippen molar-refractivity contribution in [2.24, 2.45) is 0 Å². The molecule has 0 fully saturated rings. The number of amides is 3. The normalized spacial score (nSPS) is 15.6. The van der Waals surface area contributed by atoms with E-state index in [1.807, 2.05) is 25.1 Å². The molecule has 2 heterocycles. The molecular weight excluding hydrogens is 398 g/mol. The quantitative estimate of drug-likeness (QED) is 0.749. The van der Waals surface area contributed by atoms with Gasteiger partial charge in [-0.15, -0.1) is 0 Å². The number of rotatable bonds is 4. The van der Waals surface area contributed by atoms with E-state index in [1.54, 1.807) is 54.8 Å². The molecule has 0 spiro atoms. The molecule has 0 radical (unpaired) electrons. The summed E-state index contributed by atoms with van der Waals surface area (Å²) in [6.45, 7) is 7.49. The van der Waals surface area contributed by atoms with Gasteiger partial charge >= 0.3 is 6.09 Å². The van der Waals surface area contributed by atoms with Gasteiger partial charge in [-0.2, -0.15) is 5.10 Å². The summed E-state index contributed by atoms with van der Waals surface area (Å²) in [6, 6.07) is 5.39. The Balaban J connectivity index is 2.00. The molecular formula is C22H29N5O4. The molecule has 2 aromatic rings. The fourth-order valence-corrected chi connectivity index (χ4v) is 3.60. The van der Waals surface area contributed by atoms with E-state index in [0.29, 0.717) is 17.9 Å². The van der Waals surface area contributed by atoms with Gasteiger partial charge in [-0.3, -0.25) is 19.2 Å². The highest BCUT2D eigenvalue weighted by Gasteiger charge is 2.34. The van der Waals surface area contributed by atoms with E-state index in [4.69, 9.17) is 4.74 Å². The molecule has 1 aromatic heterocycles. The molecule has 0 saturated carbocycles. The highest BCUT2D eigenvalue weighted by atomic mass is 16.6. The summed E-state index contributed by atoms with van der Waals surface area (Å²) in [4.78, 5) is 41.8. The second kappa shape index (κ2) is 8.79. The SMILES string of the molecule is CC(=O)N1c2ccc(-c3cnn(CC(=O)N(C)C)c3)cc2N(C(=O)OC(C)C)C[C@@H]1C. The lowest BCUT2D eigenvalue weighted by Gasteiger charge is -2.40. The summed E-state index contributed by atoms with van der Waals surface area (Å²) in [7, 11) is 3.39. The number of likely N-dealkylation sites (N-methyl/N-ethyl adjacent to an activating group) is 1. The standard InChI is InChI=1S/C22H29N5O4/c1-14(2)31-22(30)26-11-15(3)27(16(4)28)19-8-7-17(9-20(19)26)18-10-23-25(12-18)13-21(29)24(5)6/h7-10,12,14-15H,11,13H2,1-6H3/t15-/m0/s1. The number of aromatic nitrogens is 2. The van der Waals surface area contributed by atoms with Crippen molar-refractivity contribution < 1.29 is 19.1 Å². The number of benzene rings is 1. The maximum Gasteiger partial charge on any atom is 0.414 e. The Kier molecular flexibility index (Phi) is 6.33. The summed E-state index contributed by atoms with van der Waals surface area (Å²) in [5, 5.41) is 4.28. The Labute approximate surface area is 182 Å². The molecule has 0 bridgehead atoms. The first-order valence-electron chi connectivity index (χ1n) is 10.2. The summed E-state index contributed by atoms with van der Waals surface area (Å²) in [5.41, 5.74) is 2.89. The van der Waals surface area contributed by atoms with Crippen molar-refractivity contribution in [2.45, 2.75) is 46.4 Å². The largest absolute Gasteiger partial charge is 0.446 e. The van der Waals surface area contributed by atoms with Crippen LogP contribution in [0.5, 0.6) is 0 Å². The first kappa shape index (κ1) is 22.3. The van der Waals surface area contributed by atoms with E-state index in [1.165, 1.54) is 11.8 Å². The van der Waals surface area contributed by atoms with Crippen molar-refractivity contribution in [1.82, 2.24) is 14.7 Å². The summed E-state index contributed by atoms with van der Waals surface area (Å²) < 4.78 is 7.01. The number of carbonyl (C=O) groups excluding carboxylic acids is 3. The smallest absolute Gasteiger partial charge is 0.414 e. The van der Waals surface area contributed by atoms with Crippen LogP contribution < -0.4 is 9.80 Å². The van der Waals surface area contributed by atoms with Gasteiger partial charge in [0, 0.05) is 39.3 Å². The maximum atomic E-state index is 12.8. The van der Waals surface area contributed by atoms with E-state index in [-0.39, 0.29) is 30.5 Å². The third-order valence-electron chi connectivity index (χ3n) is 5.07. The molecule has 1 aliphatic rings. The minimum absolute atomic E-state index is 0.0613. The molecule has 1 aromatic carbocycles. The Hall–Kier alpha value is -3.36. The minimum atomic E-state index is -0.448. The average molecular weight is 428 g/mol. The van der Waals surface area contributed by atoms with Gasteiger partial charge in [-0.1, -0.05) is 6.07 Å². The van der Waals surface area contributed by atoms with Crippen LogP contribution in [0.15, 0.2) is 30.6 Å². The lowest BCUT2D eigenvalue weighted by atomic mass is 10.0. The molecule has 9 nitrogen and oxygen atoms in total. The van der Waals surface area contributed by atoms with Crippen molar-refractivity contribution >= 4 is 29.3 Å². The van der Waals surface area contributed by atoms with E-state index < -0.39 is 6.09 Å². The Morgan fingerprint density at radius 2 is 1.90 bits per heavy atom. The highest BCUT2D eigenvalue weighted by Crippen LogP contribution is 2.39. The lowest BCUT2D eigenvalue weighted by Crippen LogP contribution is -2.51. The molecule has 9 heteroatoms. The Morgan fingerprint density at radius 1 is 1.19 bits per heavy atom. The zero-order valence-electron chi connectivity index (χ0n) is 18.8. The van der Waals surface area contributed by atoms with E-state index in [0.717, 1.165) is 11.1 Å². The van der Waals surface area contributed by atoms with E-state index >= 15 is 0 Å². The topological polar surface area (TPSA) is 88.0 Å². The third-order valence-corrected chi connectivity index (χ3v) is 5.07. The van der Waals surface area contributed by atoms with Crippen molar-refractivity contribution in [2.75, 3.05) is 30.4 Å². The Morgan fingerprint density at radius 3 is 2.52 bits per heavy atom. The molecule has 0 saturated heterocycles. The maximum absolute atomic E-state index is 12.8. The monoisotopic (exact) mass is 427 g/mol. The molecule has 3 rings (SSSR count). The van der Waals surface area contributed by atoms with Crippen LogP contribution in [0, 0.1) is 0 Å². The van der Waals surface area contributed by atoms with Crippen LogP contribution in [0.3, 0.4) is 0 Å². The van der Waals surface area contributed by atoms with E-state index in [2.05, 4.69) is 5.10 Å². The molecule has 166 valence electrons. The first-order chi connectivity index (χ1) is 14.6. The van der Waals surface area contributed by atoms with Gasteiger partial charge < -0.3 is 14.5 Å². The van der Waals surface area contributed by atoms with Crippen LogP contribution >= 0.6 is 0 Å². The number of fused-ring (bicyclic) bond motifs is 1. The van der Waals surface area contributed by atoms with Gasteiger partial charge in [-0.05, 0) is 38.5 Å². The number of carbonyl (C=O) groups is 3. The lowest BCUT2D eigenvalue weighted by molar-refractivity contribution is -0.129. The summed E-state index contributed by atoms with van der Waals surface area (Å²) in [5.74, 6) is -0.151. The van der Waals surface area contributed by atoms with Gasteiger partial charge in [0.25, 0.3) is 0 Å². The van der Waals surface area contributed by atoms with Crippen LogP contribution in [-0.2, 0) is 20.9 Å². The number of hydrogen-bond donors (Lipinski definition) is 0. The molecule has 1 atom stereocenters. The van der Waals surface area contributed by atoms with Crippen LogP contribution in [0.1, 0.15) is 27.7 Å². The number of anilines is 2. The van der Waals surface area contributed by atoms with Crippen molar-refractivity contribution in [3.8, 4) is 11.1 Å². The van der Waals surface area contributed by atoms with Gasteiger partial charge in [0.2, 0.25) is 11.8 Å². The molecule has 31 heavy (non-hydrogen) atoms. The number of hydrogen-bond acceptors (Lipinski definition) is 5. The van der Waals surface area contributed by atoms with Gasteiger partial charge in [0.05, 0.1) is 29.7 Å². The highest BCUT2D eigenvalue weighted by molar-refractivity contribution is 6.03. The fraction of sp³-hybridized carbons (Fsp3) is 0.455. The predicted octanol–water partition coefficient (Wildman–Crippen LogP) is 2.74. The number of nitrogens with zero attached hydrogens (tertiary/aromatic N) is 5. The van der Waals surface area contributed by atoms with Crippen molar-refractivity contribution in [3.05, 3.63) is 30.6 Å². The molecule has 3 amide bonds. The molecule has 0 aliphatic carbocycles. The van der Waals surface area contributed by atoms with Gasteiger partial charge in [0.15, 0.2) is 0 Å². The van der Waals surface area contributed by atoms with Crippen molar-refractivity contribution in [3.63, 3.8) is 0 Å². The van der Waals surface area contributed by atoms with Crippen LogP contribution in [0.25, 0.3) is 11.1 Å². The van der Waals surface area contributed by atoms with Crippen LogP contribution in [0.4, 0.5) is 16.2 Å². The zero-order valence-corrected chi connectivity index (χ0v) is 18.8.